The fraction of sp³-hybridized carbons (Fsp3) is 0.462. The molecule has 1 heterocycles. The van der Waals surface area contributed by atoms with Crippen LogP contribution < -0.4 is 5.63 Å². The lowest BCUT2D eigenvalue weighted by Gasteiger charge is -2.03. The Morgan fingerprint density at radius 1 is 1.21 bits per heavy atom. The Bertz CT molecular complexity index is 528. The summed E-state index contributed by atoms with van der Waals surface area (Å²) in [6.07, 6.45) is 1.68. The van der Waals surface area contributed by atoms with Crippen molar-refractivity contribution in [2.75, 3.05) is 0 Å². The minimum atomic E-state index is -0.872. The number of Topliss-reactive ketones (excluding diaryl/α,β-unsaturated/α-hetero) is 1. The Hall–Kier alpha value is -2.11. The van der Waals surface area contributed by atoms with Crippen LogP contribution in [0, 0.1) is 6.92 Å². The van der Waals surface area contributed by atoms with Gasteiger partial charge < -0.3 is 14.6 Å². The molecule has 0 saturated heterocycles. The molecule has 6 heteroatoms. The van der Waals surface area contributed by atoms with Crippen molar-refractivity contribution < 1.29 is 24.2 Å². The van der Waals surface area contributed by atoms with Gasteiger partial charge in [-0.3, -0.25) is 9.59 Å². The van der Waals surface area contributed by atoms with Gasteiger partial charge in [-0.15, -0.1) is 0 Å². The lowest BCUT2D eigenvalue weighted by atomic mass is 10.0. The Balaban J connectivity index is 2.55. The molecule has 0 fully saturated rings. The number of rotatable bonds is 7. The molecule has 0 aliphatic heterocycles. The SMILES string of the molecule is Cc1cc(O)c(C(=O)CCCCCC(=O)O)c(=O)o1. The van der Waals surface area contributed by atoms with Gasteiger partial charge in [-0.05, 0) is 19.8 Å². The van der Waals surface area contributed by atoms with E-state index < -0.39 is 17.4 Å². The molecule has 1 rings (SSSR count). The van der Waals surface area contributed by atoms with E-state index >= 15 is 0 Å². The molecule has 0 atom stereocenters. The highest BCUT2D eigenvalue weighted by molar-refractivity contribution is 5.97. The van der Waals surface area contributed by atoms with Crippen molar-refractivity contribution >= 4 is 11.8 Å². The third-order valence-electron chi connectivity index (χ3n) is 2.63. The number of aliphatic carboxylic acids is 1. The summed E-state index contributed by atoms with van der Waals surface area (Å²) in [5.41, 5.74) is -1.17. The molecule has 104 valence electrons. The van der Waals surface area contributed by atoms with Crippen molar-refractivity contribution in [2.45, 2.75) is 39.0 Å². The van der Waals surface area contributed by atoms with Gasteiger partial charge in [0.15, 0.2) is 5.78 Å². The van der Waals surface area contributed by atoms with Gasteiger partial charge in [-0.1, -0.05) is 6.42 Å². The highest BCUT2D eigenvalue weighted by Crippen LogP contribution is 2.17. The van der Waals surface area contributed by atoms with E-state index in [0.29, 0.717) is 19.3 Å². The monoisotopic (exact) mass is 268 g/mol. The number of ketones is 1. The summed E-state index contributed by atoms with van der Waals surface area (Å²) in [4.78, 5) is 33.5. The van der Waals surface area contributed by atoms with Crippen molar-refractivity contribution in [3.8, 4) is 5.75 Å². The highest BCUT2D eigenvalue weighted by Gasteiger charge is 2.17. The van der Waals surface area contributed by atoms with Crippen LogP contribution in [0.1, 0.15) is 48.2 Å². The highest BCUT2D eigenvalue weighted by atomic mass is 16.4. The van der Waals surface area contributed by atoms with Crippen LogP contribution in [0.3, 0.4) is 0 Å². The lowest BCUT2D eigenvalue weighted by Crippen LogP contribution is -2.14. The number of hydrogen-bond donors (Lipinski definition) is 2. The average Bonchev–Trinajstić information content (AvgIpc) is 2.26. The third kappa shape index (κ3) is 4.57. The number of aryl methyl sites for hydroxylation is 1. The van der Waals surface area contributed by atoms with Crippen LogP contribution in [0.25, 0.3) is 0 Å². The lowest BCUT2D eigenvalue weighted by molar-refractivity contribution is -0.137. The summed E-state index contributed by atoms with van der Waals surface area (Å²) in [5.74, 6) is -1.49. The zero-order valence-electron chi connectivity index (χ0n) is 10.6. The van der Waals surface area contributed by atoms with E-state index in [1.807, 2.05) is 0 Å². The van der Waals surface area contributed by atoms with Crippen molar-refractivity contribution in [3.05, 3.63) is 27.8 Å². The normalized spacial score (nSPS) is 10.4. The predicted octanol–water partition coefficient (Wildman–Crippen LogP) is 1.87. The van der Waals surface area contributed by atoms with Gasteiger partial charge >= 0.3 is 11.6 Å². The Kier molecular flexibility index (Phi) is 5.29. The van der Waals surface area contributed by atoms with Gasteiger partial charge in [0.1, 0.15) is 17.1 Å². The molecular formula is C13H16O6. The number of unbranched alkanes of at least 4 members (excludes halogenated alkanes) is 2. The zero-order valence-corrected chi connectivity index (χ0v) is 10.6. The molecule has 2 N–H and O–H groups in total. The average molecular weight is 268 g/mol. The fourth-order valence-electron chi connectivity index (χ4n) is 1.72. The molecule has 1 aromatic rings. The molecule has 19 heavy (non-hydrogen) atoms. The van der Waals surface area contributed by atoms with E-state index in [9.17, 15) is 19.5 Å². The maximum Gasteiger partial charge on any atom is 0.350 e. The van der Waals surface area contributed by atoms with E-state index in [0.717, 1.165) is 0 Å². The van der Waals surface area contributed by atoms with E-state index in [1.54, 1.807) is 0 Å². The second kappa shape index (κ2) is 6.72. The number of carboxylic acids is 1. The molecule has 0 spiro atoms. The van der Waals surface area contributed by atoms with Gasteiger partial charge in [-0.2, -0.15) is 0 Å². The standard InChI is InChI=1S/C13H16O6/c1-8-7-10(15)12(13(18)19-8)9(14)5-3-2-4-6-11(16)17/h7,15H,2-6H2,1H3,(H,16,17). The van der Waals surface area contributed by atoms with E-state index in [2.05, 4.69) is 0 Å². The summed E-state index contributed by atoms with van der Waals surface area (Å²) in [6, 6.07) is 1.22. The summed E-state index contributed by atoms with van der Waals surface area (Å²) < 4.78 is 4.76. The van der Waals surface area contributed by atoms with E-state index in [-0.39, 0.29) is 29.9 Å². The largest absolute Gasteiger partial charge is 0.507 e. The number of aromatic hydroxyl groups is 1. The summed E-state index contributed by atoms with van der Waals surface area (Å²) >= 11 is 0. The molecular weight excluding hydrogens is 252 g/mol. The van der Waals surface area contributed by atoms with Crippen LogP contribution >= 0.6 is 0 Å². The first kappa shape index (κ1) is 14.9. The molecule has 1 aromatic heterocycles. The van der Waals surface area contributed by atoms with Crippen molar-refractivity contribution in [1.82, 2.24) is 0 Å². The van der Waals surface area contributed by atoms with Gasteiger partial charge in [0.05, 0.1) is 0 Å². The third-order valence-corrected chi connectivity index (χ3v) is 2.63. The Morgan fingerprint density at radius 3 is 2.42 bits per heavy atom. The molecule has 0 aliphatic rings. The Morgan fingerprint density at radius 2 is 1.84 bits per heavy atom. The van der Waals surface area contributed by atoms with Crippen LogP contribution in [0.2, 0.25) is 0 Å². The van der Waals surface area contributed by atoms with Crippen LogP contribution in [-0.4, -0.2) is 22.0 Å². The van der Waals surface area contributed by atoms with E-state index in [1.165, 1.54) is 13.0 Å². The number of carbonyl (C=O) groups is 2. The predicted molar refractivity (Wildman–Crippen MR) is 66.4 cm³/mol. The van der Waals surface area contributed by atoms with Crippen LogP contribution in [-0.2, 0) is 4.79 Å². The first-order valence-electron chi connectivity index (χ1n) is 6.00. The molecule has 0 unspecified atom stereocenters. The van der Waals surface area contributed by atoms with Crippen molar-refractivity contribution in [2.24, 2.45) is 0 Å². The summed E-state index contributed by atoms with van der Waals surface area (Å²) in [6.45, 7) is 1.50. The molecule has 0 aliphatic carbocycles. The summed E-state index contributed by atoms with van der Waals surface area (Å²) in [7, 11) is 0. The van der Waals surface area contributed by atoms with E-state index in [4.69, 9.17) is 9.52 Å². The molecule has 0 radical (unpaired) electrons. The van der Waals surface area contributed by atoms with Crippen LogP contribution in [0.5, 0.6) is 5.75 Å². The maximum absolute atomic E-state index is 11.8. The minimum absolute atomic E-state index is 0.0616. The number of carboxylic acid groups (broad SMARTS) is 1. The van der Waals surface area contributed by atoms with Gasteiger partial charge in [-0.25, -0.2) is 4.79 Å². The molecule has 6 nitrogen and oxygen atoms in total. The fourth-order valence-corrected chi connectivity index (χ4v) is 1.72. The van der Waals surface area contributed by atoms with Gasteiger partial charge in [0.25, 0.3) is 0 Å². The number of hydrogen-bond acceptors (Lipinski definition) is 5. The van der Waals surface area contributed by atoms with Crippen molar-refractivity contribution in [1.29, 1.82) is 0 Å². The molecule has 0 bridgehead atoms. The van der Waals surface area contributed by atoms with Gasteiger partial charge in [0.2, 0.25) is 0 Å². The first-order chi connectivity index (χ1) is 8.91. The second-order valence-corrected chi connectivity index (χ2v) is 4.28. The van der Waals surface area contributed by atoms with Crippen LogP contribution in [0.4, 0.5) is 0 Å². The minimum Gasteiger partial charge on any atom is -0.507 e. The second-order valence-electron chi connectivity index (χ2n) is 4.28. The summed E-state index contributed by atoms with van der Waals surface area (Å²) in [5, 5.41) is 18.0. The van der Waals surface area contributed by atoms with Gasteiger partial charge in [0, 0.05) is 18.9 Å². The molecule has 0 aromatic carbocycles. The quantitative estimate of drug-likeness (QED) is 0.577. The maximum atomic E-state index is 11.8. The molecule has 0 amide bonds. The Labute approximate surface area is 109 Å². The van der Waals surface area contributed by atoms with Crippen molar-refractivity contribution in [3.63, 3.8) is 0 Å². The van der Waals surface area contributed by atoms with Crippen LogP contribution in [0.15, 0.2) is 15.3 Å². The number of carbonyl (C=O) groups excluding carboxylic acids is 1. The zero-order chi connectivity index (χ0) is 14.4. The molecule has 0 saturated carbocycles. The topological polar surface area (TPSA) is 105 Å². The smallest absolute Gasteiger partial charge is 0.350 e. The first-order valence-corrected chi connectivity index (χ1v) is 6.00.